The molecule has 0 bridgehead atoms. The van der Waals surface area contributed by atoms with E-state index in [9.17, 15) is 19.7 Å². The number of fused-ring (bicyclic) bond motifs is 1. The minimum atomic E-state index is -0.812. The van der Waals surface area contributed by atoms with Gasteiger partial charge in [0.15, 0.2) is 4.80 Å². The number of nitrogens with zero attached hydrogens (tertiary/aromatic N) is 3. The number of carbonyl (C=O) groups excluding carboxylic acids is 1. The summed E-state index contributed by atoms with van der Waals surface area (Å²) in [7, 11) is 1.55. The Labute approximate surface area is 257 Å². The van der Waals surface area contributed by atoms with Crippen LogP contribution in [0.5, 0.6) is 5.75 Å². The van der Waals surface area contributed by atoms with Crippen LogP contribution in [0.15, 0.2) is 102 Å². The Balaban J connectivity index is 1.72. The topological polar surface area (TPSA) is 113 Å². The molecule has 0 fully saturated rings. The van der Waals surface area contributed by atoms with Gasteiger partial charge in [-0.05, 0) is 77.3 Å². The number of thiazole rings is 1. The molecule has 3 aromatic carbocycles. The second kappa shape index (κ2) is 12.5. The minimum Gasteiger partial charge on any atom is -0.496 e. The number of hydrogen-bond acceptors (Lipinski definition) is 9. The summed E-state index contributed by atoms with van der Waals surface area (Å²) >= 11 is 6.10. The lowest BCUT2D eigenvalue weighted by molar-refractivity contribution is -0.384. The normalized spacial score (nSPS) is 14.8. The molecular formula is C30H24BrN3O6S2. The largest absolute Gasteiger partial charge is 0.496 e. The molecule has 1 aromatic heterocycles. The molecule has 0 N–H and O–H groups in total. The number of halogens is 1. The zero-order valence-corrected chi connectivity index (χ0v) is 25.9. The third-order valence-corrected chi connectivity index (χ3v) is 9.17. The lowest BCUT2D eigenvalue weighted by Crippen LogP contribution is -2.40. The van der Waals surface area contributed by atoms with Gasteiger partial charge in [0, 0.05) is 21.9 Å². The summed E-state index contributed by atoms with van der Waals surface area (Å²) in [5, 5.41) is 11.6. The molecule has 42 heavy (non-hydrogen) atoms. The average molecular weight is 667 g/mol. The summed E-state index contributed by atoms with van der Waals surface area (Å²) in [6.45, 7) is 3.59. The van der Waals surface area contributed by atoms with Crippen molar-refractivity contribution in [1.82, 2.24) is 4.57 Å². The first-order valence-corrected chi connectivity index (χ1v) is 15.2. The highest BCUT2D eigenvalue weighted by Gasteiger charge is 2.33. The Kier molecular flexibility index (Phi) is 8.76. The second-order valence-corrected chi connectivity index (χ2v) is 12.1. The lowest BCUT2D eigenvalue weighted by atomic mass is 9.96. The number of non-ortho nitro benzene ring substituents is 1. The zero-order chi connectivity index (χ0) is 30.0. The molecule has 1 aliphatic rings. The Bertz CT molecular complexity index is 1920. The van der Waals surface area contributed by atoms with Gasteiger partial charge < -0.3 is 9.47 Å². The number of hydrogen-bond donors (Lipinski definition) is 0. The number of nitro groups is 1. The van der Waals surface area contributed by atoms with Gasteiger partial charge in [-0.2, -0.15) is 0 Å². The fraction of sp³-hybridized carbons (Fsp3) is 0.167. The summed E-state index contributed by atoms with van der Waals surface area (Å²) in [5.41, 5.74) is 1.40. The van der Waals surface area contributed by atoms with Gasteiger partial charge in [-0.15, -0.1) is 0 Å². The van der Waals surface area contributed by atoms with E-state index in [0.717, 1.165) is 21.1 Å². The van der Waals surface area contributed by atoms with Crippen LogP contribution in [0.25, 0.3) is 6.08 Å². The van der Waals surface area contributed by atoms with Crippen LogP contribution in [0.2, 0.25) is 0 Å². The predicted octanol–water partition coefficient (Wildman–Crippen LogP) is 5.63. The van der Waals surface area contributed by atoms with Crippen molar-refractivity contribution in [1.29, 1.82) is 0 Å². The highest BCUT2D eigenvalue weighted by Crippen LogP contribution is 2.36. The highest BCUT2D eigenvalue weighted by atomic mass is 79.9. The third kappa shape index (κ3) is 5.83. The smallest absolute Gasteiger partial charge is 0.338 e. The molecule has 0 aliphatic carbocycles. The number of allylic oxidation sites excluding steroid dienone is 1. The van der Waals surface area contributed by atoms with Crippen LogP contribution in [0, 0.1) is 10.1 Å². The van der Waals surface area contributed by atoms with E-state index in [-0.39, 0.29) is 23.4 Å². The summed E-state index contributed by atoms with van der Waals surface area (Å²) in [6.07, 6.45) is 1.65. The van der Waals surface area contributed by atoms with E-state index >= 15 is 0 Å². The van der Waals surface area contributed by atoms with Gasteiger partial charge in [-0.3, -0.25) is 19.5 Å². The van der Waals surface area contributed by atoms with Crippen LogP contribution >= 0.6 is 39.0 Å². The molecule has 9 nitrogen and oxygen atoms in total. The summed E-state index contributed by atoms with van der Waals surface area (Å²) in [6, 6.07) is 18.7. The van der Waals surface area contributed by atoms with E-state index in [1.165, 1.54) is 28.5 Å². The number of rotatable bonds is 8. The number of esters is 1. The second-order valence-electron chi connectivity index (χ2n) is 9.09. The SMILES string of the molecule is CCOC(=O)C1=C(C)N=c2s/c(=C\c3cc([N+](=O)[O-])ccc3Sc3ccccc3)c(=O)n2[C@H]1c1ccc(OC)c(Br)c1. The molecule has 2 heterocycles. The summed E-state index contributed by atoms with van der Waals surface area (Å²) in [4.78, 5) is 45.1. The third-order valence-electron chi connectivity index (χ3n) is 6.47. The van der Waals surface area contributed by atoms with Gasteiger partial charge in [0.1, 0.15) is 5.75 Å². The molecule has 0 unspecified atom stereocenters. The van der Waals surface area contributed by atoms with Crippen molar-refractivity contribution < 1.29 is 19.2 Å². The van der Waals surface area contributed by atoms with Crippen LogP contribution in [-0.2, 0) is 9.53 Å². The van der Waals surface area contributed by atoms with E-state index in [0.29, 0.717) is 36.4 Å². The number of benzene rings is 3. The van der Waals surface area contributed by atoms with E-state index in [2.05, 4.69) is 20.9 Å². The standard InChI is InChI=1S/C30H24BrN3O6S2/c1-4-40-29(36)26-17(2)32-30-33(27(26)18-10-12-23(39-3)22(31)15-18)28(35)25(42-30)16-19-14-20(34(37)38)11-13-24(19)41-21-8-6-5-7-9-21/h5-16,27H,4H2,1-3H3/b25-16-/t27-/m0/s1. The van der Waals surface area contributed by atoms with Gasteiger partial charge in [-0.25, -0.2) is 9.79 Å². The highest BCUT2D eigenvalue weighted by molar-refractivity contribution is 9.10. The molecule has 1 atom stereocenters. The Morgan fingerprint density at radius 1 is 1.19 bits per heavy atom. The fourth-order valence-electron chi connectivity index (χ4n) is 4.57. The molecular weight excluding hydrogens is 642 g/mol. The first kappa shape index (κ1) is 29.5. The first-order valence-electron chi connectivity index (χ1n) is 12.8. The van der Waals surface area contributed by atoms with Gasteiger partial charge in [0.25, 0.3) is 11.2 Å². The van der Waals surface area contributed by atoms with Crippen molar-refractivity contribution >= 4 is 56.8 Å². The van der Waals surface area contributed by atoms with Crippen LogP contribution < -0.4 is 19.6 Å². The lowest BCUT2D eigenvalue weighted by Gasteiger charge is -2.25. The maximum atomic E-state index is 14.1. The van der Waals surface area contributed by atoms with Gasteiger partial charge in [0.05, 0.1) is 45.0 Å². The van der Waals surface area contributed by atoms with Crippen LogP contribution in [0.3, 0.4) is 0 Å². The average Bonchev–Trinajstić information content (AvgIpc) is 3.27. The number of aromatic nitrogens is 1. The van der Waals surface area contributed by atoms with Crippen molar-refractivity contribution in [3.05, 3.63) is 123 Å². The maximum absolute atomic E-state index is 14.1. The molecule has 12 heteroatoms. The van der Waals surface area contributed by atoms with E-state index in [4.69, 9.17) is 9.47 Å². The molecule has 214 valence electrons. The number of carbonyl (C=O) groups is 1. The zero-order valence-electron chi connectivity index (χ0n) is 22.7. The summed E-state index contributed by atoms with van der Waals surface area (Å²) < 4.78 is 13.2. The van der Waals surface area contributed by atoms with Gasteiger partial charge in [0.2, 0.25) is 0 Å². The molecule has 4 aromatic rings. The van der Waals surface area contributed by atoms with Gasteiger partial charge in [-0.1, -0.05) is 47.4 Å². The van der Waals surface area contributed by atoms with Crippen LogP contribution in [0.1, 0.15) is 31.0 Å². The Morgan fingerprint density at radius 3 is 2.62 bits per heavy atom. The number of methoxy groups -OCH3 is 1. The minimum absolute atomic E-state index is 0.0900. The molecule has 1 aliphatic heterocycles. The van der Waals surface area contributed by atoms with Gasteiger partial charge >= 0.3 is 5.97 Å². The van der Waals surface area contributed by atoms with E-state index in [1.54, 1.807) is 51.3 Å². The molecule has 0 spiro atoms. The maximum Gasteiger partial charge on any atom is 0.338 e. The van der Waals surface area contributed by atoms with Crippen molar-refractivity contribution in [2.45, 2.75) is 29.7 Å². The van der Waals surface area contributed by atoms with Crippen molar-refractivity contribution in [3.63, 3.8) is 0 Å². The van der Waals surface area contributed by atoms with E-state index < -0.39 is 16.9 Å². The van der Waals surface area contributed by atoms with Crippen LogP contribution in [-0.4, -0.2) is 29.2 Å². The van der Waals surface area contributed by atoms with Crippen molar-refractivity contribution in [2.75, 3.05) is 13.7 Å². The molecule has 5 rings (SSSR count). The monoisotopic (exact) mass is 665 g/mol. The van der Waals surface area contributed by atoms with Crippen LogP contribution in [0.4, 0.5) is 5.69 Å². The molecule has 0 saturated heterocycles. The first-order chi connectivity index (χ1) is 20.2. The Morgan fingerprint density at radius 2 is 1.95 bits per heavy atom. The number of nitro benzene ring substituents is 1. The molecule has 0 saturated carbocycles. The predicted molar refractivity (Wildman–Crippen MR) is 165 cm³/mol. The van der Waals surface area contributed by atoms with E-state index in [1.807, 2.05) is 30.3 Å². The molecule has 0 amide bonds. The quantitative estimate of drug-likeness (QED) is 0.136. The van der Waals surface area contributed by atoms with Crippen molar-refractivity contribution in [3.8, 4) is 5.75 Å². The number of ether oxygens (including phenoxy) is 2. The van der Waals surface area contributed by atoms with Crippen molar-refractivity contribution in [2.24, 2.45) is 4.99 Å². The molecule has 0 radical (unpaired) electrons. The summed E-state index contributed by atoms with van der Waals surface area (Å²) in [5.74, 6) is 0.0314. The Hall–Kier alpha value is -4.00. The fourth-order valence-corrected chi connectivity index (χ4v) is 7.09.